The smallest absolute Gasteiger partial charge is 0.306 e. The van der Waals surface area contributed by atoms with Gasteiger partial charge in [0.15, 0.2) is 6.10 Å². The van der Waals surface area contributed by atoms with Gasteiger partial charge in [0, 0.05) is 19.3 Å². The zero-order valence-corrected chi connectivity index (χ0v) is 40.5. The fourth-order valence-electron chi connectivity index (χ4n) is 7.94. The summed E-state index contributed by atoms with van der Waals surface area (Å²) in [6.45, 7) is 13.7. The van der Waals surface area contributed by atoms with Crippen molar-refractivity contribution in [3.8, 4) is 0 Å². The van der Waals surface area contributed by atoms with Crippen LogP contribution in [0.1, 0.15) is 286 Å². The van der Waals surface area contributed by atoms with Gasteiger partial charge in [-0.25, -0.2) is 0 Å². The van der Waals surface area contributed by atoms with E-state index in [-0.39, 0.29) is 31.1 Å². The Morgan fingerprint density at radius 3 is 0.729 bits per heavy atom. The Kier molecular flexibility index (Phi) is 43.3. The molecule has 0 saturated heterocycles. The molecule has 59 heavy (non-hydrogen) atoms. The highest BCUT2D eigenvalue weighted by atomic mass is 16.6. The maximum atomic E-state index is 12.8. The first-order valence-electron chi connectivity index (χ1n) is 26.1. The summed E-state index contributed by atoms with van der Waals surface area (Å²) in [5.41, 5.74) is 0. The number of ether oxygens (including phenoxy) is 3. The largest absolute Gasteiger partial charge is 0.462 e. The van der Waals surface area contributed by atoms with Gasteiger partial charge in [-0.2, -0.15) is 0 Å². The van der Waals surface area contributed by atoms with Crippen molar-refractivity contribution in [2.45, 2.75) is 292 Å². The van der Waals surface area contributed by atoms with E-state index in [1.807, 2.05) is 0 Å². The van der Waals surface area contributed by atoms with Crippen LogP contribution in [-0.2, 0) is 28.6 Å². The summed E-state index contributed by atoms with van der Waals surface area (Å²) in [6, 6.07) is 0. The van der Waals surface area contributed by atoms with Crippen LogP contribution in [0, 0.1) is 17.8 Å². The second kappa shape index (κ2) is 44.5. The fourth-order valence-corrected chi connectivity index (χ4v) is 7.94. The summed E-state index contributed by atoms with van der Waals surface area (Å²) in [7, 11) is 0. The Morgan fingerprint density at radius 2 is 0.492 bits per heavy atom. The zero-order valence-electron chi connectivity index (χ0n) is 40.5. The van der Waals surface area contributed by atoms with E-state index in [9.17, 15) is 14.4 Å². The average molecular weight is 835 g/mol. The van der Waals surface area contributed by atoms with E-state index >= 15 is 0 Å². The third-order valence-electron chi connectivity index (χ3n) is 11.9. The van der Waals surface area contributed by atoms with E-state index < -0.39 is 6.10 Å². The predicted octanol–water partition coefficient (Wildman–Crippen LogP) is 16.8. The van der Waals surface area contributed by atoms with Crippen molar-refractivity contribution in [1.29, 1.82) is 0 Å². The maximum Gasteiger partial charge on any atom is 0.306 e. The van der Waals surface area contributed by atoms with Crippen molar-refractivity contribution in [3.05, 3.63) is 0 Å². The first kappa shape index (κ1) is 57.4. The van der Waals surface area contributed by atoms with Gasteiger partial charge in [-0.05, 0) is 37.0 Å². The molecule has 0 radical (unpaired) electrons. The van der Waals surface area contributed by atoms with Crippen molar-refractivity contribution < 1.29 is 28.6 Å². The van der Waals surface area contributed by atoms with Crippen LogP contribution in [-0.4, -0.2) is 37.2 Å². The highest BCUT2D eigenvalue weighted by molar-refractivity contribution is 5.71. The lowest BCUT2D eigenvalue weighted by Gasteiger charge is -2.18. The second-order valence-electron chi connectivity index (χ2n) is 19.6. The van der Waals surface area contributed by atoms with Crippen LogP contribution in [0.4, 0.5) is 0 Å². The molecule has 0 rings (SSSR count). The molecule has 0 spiro atoms. The number of hydrogen-bond donors (Lipinski definition) is 0. The van der Waals surface area contributed by atoms with Gasteiger partial charge in [-0.3, -0.25) is 14.4 Å². The molecule has 0 aliphatic heterocycles. The molecule has 6 nitrogen and oxygen atoms in total. The number of unbranched alkanes of at least 4 members (excludes halogenated alkanes) is 29. The number of esters is 3. The third-order valence-corrected chi connectivity index (χ3v) is 11.9. The topological polar surface area (TPSA) is 78.9 Å². The molecule has 0 amide bonds. The molecule has 0 aromatic heterocycles. The zero-order chi connectivity index (χ0) is 43.4. The van der Waals surface area contributed by atoms with Gasteiger partial charge in [0.25, 0.3) is 0 Å². The van der Waals surface area contributed by atoms with Crippen LogP contribution in [0.15, 0.2) is 0 Å². The van der Waals surface area contributed by atoms with Crippen LogP contribution in [0.25, 0.3) is 0 Å². The molecule has 350 valence electrons. The quantitative estimate of drug-likeness (QED) is 0.0345. The van der Waals surface area contributed by atoms with Crippen molar-refractivity contribution in [1.82, 2.24) is 0 Å². The van der Waals surface area contributed by atoms with Gasteiger partial charge < -0.3 is 14.2 Å². The Bertz CT molecular complexity index is 914. The Morgan fingerprint density at radius 1 is 0.288 bits per heavy atom. The highest BCUT2D eigenvalue weighted by Gasteiger charge is 2.19. The Labute approximate surface area is 368 Å². The molecule has 0 aromatic rings. The van der Waals surface area contributed by atoms with E-state index in [1.165, 1.54) is 167 Å². The van der Waals surface area contributed by atoms with Crippen molar-refractivity contribution in [2.24, 2.45) is 17.8 Å². The normalized spacial score (nSPS) is 12.2. The van der Waals surface area contributed by atoms with Crippen molar-refractivity contribution in [2.75, 3.05) is 13.2 Å². The van der Waals surface area contributed by atoms with E-state index in [4.69, 9.17) is 14.2 Å². The summed E-state index contributed by atoms with van der Waals surface area (Å²) in [5, 5.41) is 0. The van der Waals surface area contributed by atoms with Crippen molar-refractivity contribution >= 4 is 17.9 Å². The Balaban J connectivity index is 4.33. The molecule has 0 aliphatic carbocycles. The molecule has 0 bridgehead atoms. The van der Waals surface area contributed by atoms with Crippen molar-refractivity contribution in [3.63, 3.8) is 0 Å². The van der Waals surface area contributed by atoms with E-state index in [0.29, 0.717) is 19.3 Å². The summed E-state index contributed by atoms with van der Waals surface area (Å²) >= 11 is 0. The molecule has 6 heteroatoms. The first-order chi connectivity index (χ1) is 28.6. The molecule has 0 aromatic carbocycles. The van der Waals surface area contributed by atoms with Crippen LogP contribution in [0.5, 0.6) is 0 Å². The van der Waals surface area contributed by atoms with Gasteiger partial charge in [0.2, 0.25) is 0 Å². The number of carbonyl (C=O) groups is 3. The van der Waals surface area contributed by atoms with Gasteiger partial charge in [-0.1, -0.05) is 247 Å². The van der Waals surface area contributed by atoms with Gasteiger partial charge in [0.1, 0.15) is 13.2 Å². The summed E-state index contributed by atoms with van der Waals surface area (Å²) < 4.78 is 16.8. The van der Waals surface area contributed by atoms with E-state index in [0.717, 1.165) is 75.5 Å². The van der Waals surface area contributed by atoms with Gasteiger partial charge in [-0.15, -0.1) is 0 Å². The summed E-state index contributed by atoms with van der Waals surface area (Å²) in [5.74, 6) is 1.62. The maximum absolute atomic E-state index is 12.8. The summed E-state index contributed by atoms with van der Waals surface area (Å²) in [4.78, 5) is 38.0. The molecule has 0 saturated carbocycles. The minimum absolute atomic E-state index is 0.0647. The number of carbonyl (C=O) groups excluding carboxylic acids is 3. The molecular weight excluding hydrogens is 733 g/mol. The molecule has 1 atom stereocenters. The molecule has 0 aliphatic rings. The molecule has 0 heterocycles. The molecule has 0 fully saturated rings. The first-order valence-corrected chi connectivity index (χ1v) is 26.1. The third kappa shape index (κ3) is 47.3. The molecular formula is C53H102O6. The van der Waals surface area contributed by atoms with Crippen LogP contribution in [0.3, 0.4) is 0 Å². The lowest BCUT2D eigenvalue weighted by molar-refractivity contribution is -0.167. The second-order valence-corrected chi connectivity index (χ2v) is 19.6. The lowest BCUT2D eigenvalue weighted by atomic mass is 10.0. The highest BCUT2D eigenvalue weighted by Crippen LogP contribution is 2.18. The Hall–Kier alpha value is -1.59. The lowest BCUT2D eigenvalue weighted by Crippen LogP contribution is -2.30. The minimum Gasteiger partial charge on any atom is -0.462 e. The standard InChI is InChI=1S/C53H102O6/c1-47(2)39-33-27-21-15-9-7-11-18-24-30-36-42-51(54)57-45-50(46-58-52(55)43-37-31-25-19-14-13-17-23-29-35-41-49(5)6)59-53(56)44-38-32-26-20-12-8-10-16-22-28-34-40-48(3)4/h47-50H,7-46H2,1-6H3/t50-/m1/s1. The van der Waals surface area contributed by atoms with Crippen LogP contribution < -0.4 is 0 Å². The monoisotopic (exact) mass is 835 g/mol. The van der Waals surface area contributed by atoms with E-state index in [1.54, 1.807) is 0 Å². The minimum atomic E-state index is -0.763. The van der Waals surface area contributed by atoms with Gasteiger partial charge >= 0.3 is 17.9 Å². The fraction of sp³-hybridized carbons (Fsp3) is 0.943. The van der Waals surface area contributed by atoms with Crippen LogP contribution >= 0.6 is 0 Å². The van der Waals surface area contributed by atoms with Gasteiger partial charge in [0.05, 0.1) is 0 Å². The average Bonchev–Trinajstić information content (AvgIpc) is 3.19. The number of rotatable bonds is 46. The van der Waals surface area contributed by atoms with E-state index in [2.05, 4.69) is 41.5 Å². The molecule has 0 N–H and O–H groups in total. The van der Waals surface area contributed by atoms with Crippen LogP contribution in [0.2, 0.25) is 0 Å². The molecule has 0 unspecified atom stereocenters. The SMILES string of the molecule is CC(C)CCCCCCCCCCCCCC(=O)OC[C@H](COC(=O)CCCCCCCCCCCCC(C)C)OC(=O)CCCCCCCCCCCCCC(C)C. The summed E-state index contributed by atoms with van der Waals surface area (Å²) in [6.07, 6.45) is 43.7. The predicted molar refractivity (Wildman–Crippen MR) is 252 cm³/mol. The number of hydrogen-bond acceptors (Lipinski definition) is 6.